The van der Waals surface area contributed by atoms with E-state index in [9.17, 15) is 0 Å². The van der Waals surface area contributed by atoms with Crippen LogP contribution < -0.4 is 9.80 Å². The third kappa shape index (κ3) is 28.1. The van der Waals surface area contributed by atoms with Crippen LogP contribution in [0.25, 0.3) is 43.1 Å². The van der Waals surface area contributed by atoms with E-state index in [2.05, 4.69) is 110 Å². The quantitative estimate of drug-likeness (QED) is 0.0165. The number of amides is 4. The Bertz CT molecular complexity index is 3720. The van der Waals surface area contributed by atoms with Crippen molar-refractivity contribution >= 4 is 110 Å². The molecule has 0 fully saturated rings. The molecule has 0 radical (unpaired) electrons. The van der Waals surface area contributed by atoms with Gasteiger partial charge in [-0.05, 0) is 170 Å². The van der Waals surface area contributed by atoms with Gasteiger partial charge in [0, 0.05) is 52.4 Å². The monoisotopic (exact) mass is 1710 g/mol. The van der Waals surface area contributed by atoms with Gasteiger partial charge in [-0.25, -0.2) is 9.80 Å². The molecule has 0 unspecified atom stereocenters. The molecule has 0 bridgehead atoms. The number of halogens is 2. The molecule has 0 saturated carbocycles. The number of unbranched alkanes of at least 4 members (excludes halogenated alkanes) is 54. The molecular formula is C108H160Br2N2O4. The van der Waals surface area contributed by atoms with Crippen molar-refractivity contribution in [3.63, 3.8) is 0 Å². The van der Waals surface area contributed by atoms with Crippen molar-refractivity contribution in [2.24, 2.45) is 0 Å². The molecule has 116 heavy (non-hydrogen) atoms. The molecule has 640 valence electrons. The molecule has 2 aliphatic rings. The van der Waals surface area contributed by atoms with Crippen LogP contribution in [-0.2, 0) is 38.5 Å². The smallest absolute Gasteiger partial charge is 0.266 e. The highest BCUT2D eigenvalue weighted by Crippen LogP contribution is 2.52. The lowest BCUT2D eigenvalue weighted by atomic mass is 9.82. The molecule has 0 N–H and O–H groups in total. The molecule has 4 amide bonds. The van der Waals surface area contributed by atoms with Crippen LogP contribution in [0.4, 0.5) is 11.4 Å². The Kier molecular flexibility index (Phi) is 44.6. The van der Waals surface area contributed by atoms with Gasteiger partial charge in [0.25, 0.3) is 23.6 Å². The Morgan fingerprint density at radius 1 is 0.207 bits per heavy atom. The predicted octanol–water partition coefficient (Wildman–Crippen LogP) is 35.6. The lowest BCUT2D eigenvalue weighted by molar-refractivity contribution is 0.0877. The van der Waals surface area contributed by atoms with E-state index in [0.29, 0.717) is 44.4 Å². The molecule has 7 aromatic carbocycles. The molecule has 0 spiro atoms. The van der Waals surface area contributed by atoms with E-state index in [1.807, 2.05) is 24.3 Å². The van der Waals surface area contributed by atoms with Crippen LogP contribution in [0.1, 0.15) is 502 Å². The van der Waals surface area contributed by atoms with E-state index >= 15 is 19.2 Å². The molecule has 9 rings (SSSR count). The fraction of sp³-hybridized carbons (Fsp3) is 0.667. The summed E-state index contributed by atoms with van der Waals surface area (Å²) in [6.07, 6.45) is 83.2. The average molecular weight is 1710 g/mol. The maximum Gasteiger partial charge on any atom is 0.266 e. The van der Waals surface area contributed by atoms with Gasteiger partial charge in [0.05, 0.1) is 22.5 Å². The first-order valence-corrected chi connectivity index (χ1v) is 51.3. The number of benzene rings is 7. The van der Waals surface area contributed by atoms with Crippen LogP contribution >= 0.6 is 31.9 Å². The zero-order valence-electron chi connectivity index (χ0n) is 74.7. The van der Waals surface area contributed by atoms with E-state index in [1.54, 1.807) is 0 Å². The summed E-state index contributed by atoms with van der Waals surface area (Å²) >= 11 is 8.25. The lowest BCUT2D eigenvalue weighted by Gasteiger charge is -2.32. The molecule has 6 nitrogen and oxygen atoms in total. The molecular weight excluding hydrogens is 1550 g/mol. The first-order chi connectivity index (χ1) is 57.0. The maximum atomic E-state index is 16.0. The Balaban J connectivity index is 1.04. The Labute approximate surface area is 724 Å². The Hall–Kier alpha value is -4.92. The Morgan fingerprint density at radius 3 is 0.612 bits per heavy atom. The minimum Gasteiger partial charge on any atom is -0.268 e. The van der Waals surface area contributed by atoms with Crippen LogP contribution in [0.3, 0.4) is 0 Å². The van der Waals surface area contributed by atoms with Gasteiger partial charge < -0.3 is 0 Å². The molecule has 0 saturated heterocycles. The molecule has 7 aromatic rings. The van der Waals surface area contributed by atoms with E-state index < -0.39 is 0 Å². The molecule has 8 heteroatoms. The summed E-state index contributed by atoms with van der Waals surface area (Å²) in [6.45, 7) is 13.8. The topological polar surface area (TPSA) is 74.8 Å². The van der Waals surface area contributed by atoms with Gasteiger partial charge in [-0.1, -0.05) is 432 Å². The number of anilines is 2. The number of hydrogen-bond donors (Lipinski definition) is 0. The van der Waals surface area contributed by atoms with Crippen LogP contribution in [0, 0.1) is 0 Å². The second-order valence-electron chi connectivity index (χ2n) is 36.4. The number of nitrogens with zero attached hydrogens (tertiary/aromatic N) is 2. The van der Waals surface area contributed by atoms with Gasteiger partial charge in [0.15, 0.2) is 0 Å². The van der Waals surface area contributed by atoms with Gasteiger partial charge in [-0.2, -0.15) is 0 Å². The van der Waals surface area contributed by atoms with Crippen LogP contribution in [0.15, 0.2) is 69.6 Å². The molecule has 2 aliphatic heterocycles. The highest BCUT2D eigenvalue weighted by molar-refractivity contribution is 9.11. The third-order valence-corrected chi connectivity index (χ3v) is 28.1. The van der Waals surface area contributed by atoms with Crippen LogP contribution in [-0.4, -0.2) is 23.6 Å². The van der Waals surface area contributed by atoms with Crippen molar-refractivity contribution in [2.45, 2.75) is 465 Å². The summed E-state index contributed by atoms with van der Waals surface area (Å²) < 4.78 is 1.49. The maximum absolute atomic E-state index is 16.0. The van der Waals surface area contributed by atoms with Crippen molar-refractivity contribution in [3.8, 4) is 0 Å². The van der Waals surface area contributed by atoms with Crippen molar-refractivity contribution in [2.75, 3.05) is 9.80 Å². The summed E-state index contributed by atoms with van der Waals surface area (Å²) in [5, 5.41) is 6.53. The van der Waals surface area contributed by atoms with Gasteiger partial charge >= 0.3 is 0 Å². The standard InChI is InChI=1S/C108H160Br2N2O4/c1-7-13-19-25-31-37-43-49-55-61-67-83-77-87(78-84(68-62-56-50-44-38-32-26-20-14-8-2)89(83)71-65-59-53-47-41-35-29-23-17-11-5)111-105(113)93-75-73-91-102-98(110)82-96-100-94(76-74-92(104(100)102)101-97(109)81-95(107(111)115)99(93)103(91)101)106(114)112(108(96)116)88-79-85(69-63-57-51-45-39-33-27-21-15-9-3)90(72-66-60-54-48-42-36-30-24-18-12-6)86(80-88)70-64-58-52-46-40-34-28-22-16-10-4/h73-82H,7-72H2,1-6H3. The minimum absolute atomic E-state index is 0.281. The summed E-state index contributed by atoms with van der Waals surface area (Å²) in [4.78, 5) is 66.8. The zero-order chi connectivity index (χ0) is 81.9. The molecule has 0 aromatic heterocycles. The van der Waals surface area contributed by atoms with Crippen LogP contribution in [0.2, 0.25) is 0 Å². The van der Waals surface area contributed by atoms with Crippen molar-refractivity contribution in [1.82, 2.24) is 0 Å². The van der Waals surface area contributed by atoms with Crippen molar-refractivity contribution in [3.05, 3.63) is 125 Å². The van der Waals surface area contributed by atoms with E-state index in [4.69, 9.17) is 0 Å². The fourth-order valence-electron chi connectivity index (χ4n) is 20.0. The number of fused-ring (bicyclic) bond motifs is 2. The fourth-order valence-corrected chi connectivity index (χ4v) is 21.3. The average Bonchev–Trinajstić information content (AvgIpc) is 0.681. The largest absolute Gasteiger partial charge is 0.268 e. The number of aryl methyl sites for hydroxylation is 4. The summed E-state index contributed by atoms with van der Waals surface area (Å²) in [5.74, 6) is -1.14. The predicted molar refractivity (Wildman–Crippen MR) is 512 cm³/mol. The normalized spacial score (nSPS) is 13.1. The number of carbonyl (C=O) groups is 4. The molecule has 2 heterocycles. The Morgan fingerprint density at radius 2 is 0.397 bits per heavy atom. The zero-order valence-corrected chi connectivity index (χ0v) is 77.9. The van der Waals surface area contributed by atoms with Gasteiger partial charge in [0.1, 0.15) is 0 Å². The van der Waals surface area contributed by atoms with Gasteiger partial charge in [-0.15, -0.1) is 0 Å². The number of imide groups is 2. The molecule has 0 atom stereocenters. The first kappa shape index (κ1) is 94.9. The third-order valence-electron chi connectivity index (χ3n) is 26.9. The highest BCUT2D eigenvalue weighted by Gasteiger charge is 2.40. The highest BCUT2D eigenvalue weighted by atomic mass is 79.9. The molecule has 0 aliphatic carbocycles. The SMILES string of the molecule is CCCCCCCCCCCCc1cc(N2C(=O)c3ccc4c5c(Br)cc6c7c(ccc(c8c(Br)cc(c3c48)C2=O)c75)C(=O)N(c2cc(CCCCCCCCCCCC)c(CCCCCCCCCCCC)c(CCCCCCCCCCCC)c2)C6=O)cc(CCCCCCCCCCCC)c1CCCCCCCCCCCC. The van der Waals surface area contributed by atoms with Gasteiger partial charge in [-0.3, -0.25) is 19.2 Å². The van der Waals surface area contributed by atoms with Crippen molar-refractivity contribution in [1.29, 1.82) is 0 Å². The second-order valence-corrected chi connectivity index (χ2v) is 38.1. The summed E-state index contributed by atoms with van der Waals surface area (Å²) in [7, 11) is 0. The van der Waals surface area contributed by atoms with E-state index in [0.717, 1.165) is 118 Å². The second kappa shape index (κ2) is 54.5. The number of hydrogen-bond acceptors (Lipinski definition) is 4. The lowest BCUT2D eigenvalue weighted by Crippen LogP contribution is -2.41. The number of carbonyl (C=O) groups excluding carboxylic acids is 4. The van der Waals surface area contributed by atoms with Gasteiger partial charge in [0.2, 0.25) is 0 Å². The van der Waals surface area contributed by atoms with E-state index in [-0.39, 0.29) is 23.6 Å². The number of rotatable bonds is 68. The summed E-state index contributed by atoms with van der Waals surface area (Å²) in [6, 6.07) is 21.1. The first-order valence-electron chi connectivity index (χ1n) is 49.7. The van der Waals surface area contributed by atoms with Crippen molar-refractivity contribution < 1.29 is 19.2 Å². The summed E-state index contributed by atoms with van der Waals surface area (Å²) in [5.41, 5.74) is 11.8. The van der Waals surface area contributed by atoms with Crippen LogP contribution in [0.5, 0.6) is 0 Å². The minimum atomic E-state index is -0.291. The van der Waals surface area contributed by atoms with E-state index in [1.165, 1.54) is 390 Å².